The second-order valence-electron chi connectivity index (χ2n) is 3.66. The molecule has 3 nitrogen and oxygen atoms in total. The van der Waals surface area contributed by atoms with Gasteiger partial charge in [-0.2, -0.15) is 0 Å². The van der Waals surface area contributed by atoms with Crippen LogP contribution >= 0.6 is 15.9 Å². The third kappa shape index (κ3) is 2.51. The van der Waals surface area contributed by atoms with Crippen LogP contribution in [0.15, 0.2) is 10.5 Å². The van der Waals surface area contributed by atoms with Gasteiger partial charge in [0.25, 0.3) is 0 Å². The number of benzene rings is 1. The van der Waals surface area contributed by atoms with Crippen LogP contribution in [0.2, 0.25) is 0 Å². The summed E-state index contributed by atoms with van der Waals surface area (Å²) < 4.78 is 0.923. The van der Waals surface area contributed by atoms with Gasteiger partial charge in [-0.25, -0.2) is 0 Å². The van der Waals surface area contributed by atoms with Crippen LogP contribution < -0.4 is 5.73 Å². The molecule has 15 heavy (non-hydrogen) atoms. The normalized spacial score (nSPS) is 12.9. The number of rotatable bonds is 3. The number of halogens is 1. The maximum atomic E-state index is 9.84. The summed E-state index contributed by atoms with van der Waals surface area (Å²) >= 11 is 3.43. The average Bonchev–Trinajstić information content (AvgIpc) is 2.15. The lowest BCUT2D eigenvalue weighted by Gasteiger charge is -2.17. The molecule has 1 aromatic carbocycles. The summed E-state index contributed by atoms with van der Waals surface area (Å²) in [5.41, 5.74) is 7.77. The van der Waals surface area contributed by atoms with Gasteiger partial charge in [0.2, 0.25) is 0 Å². The zero-order valence-electron chi connectivity index (χ0n) is 8.92. The minimum Gasteiger partial charge on any atom is -0.508 e. The van der Waals surface area contributed by atoms with Crippen LogP contribution in [0.4, 0.5) is 0 Å². The first-order chi connectivity index (χ1) is 6.99. The molecule has 1 atom stereocenters. The van der Waals surface area contributed by atoms with Crippen LogP contribution in [0.5, 0.6) is 5.75 Å². The summed E-state index contributed by atoms with van der Waals surface area (Å²) in [5, 5.41) is 19.6. The van der Waals surface area contributed by atoms with Gasteiger partial charge in [0.1, 0.15) is 5.75 Å². The number of phenols is 1. The molecule has 0 aliphatic rings. The smallest absolute Gasteiger partial charge is 0.121 e. The molecule has 0 aromatic heterocycles. The highest BCUT2D eigenvalue weighted by Gasteiger charge is 2.17. The molecule has 0 saturated heterocycles. The highest BCUT2D eigenvalue weighted by atomic mass is 79.9. The molecule has 1 aromatic rings. The first-order valence-corrected chi connectivity index (χ1v) is 5.65. The number of nitrogens with two attached hydrogens (primary N) is 1. The third-order valence-corrected chi connectivity index (χ3v) is 3.70. The van der Waals surface area contributed by atoms with Gasteiger partial charge in [0.15, 0.2) is 0 Å². The molecule has 4 heteroatoms. The lowest BCUT2D eigenvalue weighted by Crippen LogP contribution is -2.08. The second-order valence-corrected chi connectivity index (χ2v) is 4.45. The van der Waals surface area contributed by atoms with E-state index < -0.39 is 6.10 Å². The van der Waals surface area contributed by atoms with E-state index in [0.717, 1.165) is 15.6 Å². The predicted octanol–water partition coefficient (Wildman–Crippen LogP) is 2.15. The van der Waals surface area contributed by atoms with Crippen LogP contribution in [-0.2, 0) is 0 Å². The largest absolute Gasteiger partial charge is 0.508 e. The van der Waals surface area contributed by atoms with Crippen LogP contribution in [0.25, 0.3) is 0 Å². The van der Waals surface area contributed by atoms with E-state index in [1.165, 1.54) is 0 Å². The lowest BCUT2D eigenvalue weighted by molar-refractivity contribution is 0.165. The summed E-state index contributed by atoms with van der Waals surface area (Å²) in [6.07, 6.45) is -0.254. The van der Waals surface area contributed by atoms with Gasteiger partial charge in [0.05, 0.1) is 6.10 Å². The molecule has 0 radical (unpaired) electrons. The molecule has 0 heterocycles. The van der Waals surface area contributed by atoms with E-state index in [4.69, 9.17) is 5.73 Å². The molecule has 0 bridgehead atoms. The Morgan fingerprint density at radius 2 is 2.07 bits per heavy atom. The van der Waals surface area contributed by atoms with Crippen molar-refractivity contribution in [2.45, 2.75) is 26.4 Å². The van der Waals surface area contributed by atoms with Crippen molar-refractivity contribution in [1.82, 2.24) is 0 Å². The van der Waals surface area contributed by atoms with Crippen molar-refractivity contribution in [1.29, 1.82) is 0 Å². The number of phenolic OH excluding ortho intramolecular Hbond substituents is 1. The van der Waals surface area contributed by atoms with E-state index in [0.29, 0.717) is 18.5 Å². The third-order valence-electron chi connectivity index (χ3n) is 2.48. The van der Waals surface area contributed by atoms with E-state index >= 15 is 0 Å². The topological polar surface area (TPSA) is 66.5 Å². The number of hydrogen-bond donors (Lipinski definition) is 3. The summed E-state index contributed by atoms with van der Waals surface area (Å²) in [6.45, 7) is 4.16. The molecule has 84 valence electrons. The number of hydrogen-bond acceptors (Lipinski definition) is 3. The molecule has 0 aliphatic heterocycles. The Labute approximate surface area is 98.1 Å². The highest BCUT2D eigenvalue weighted by Crippen LogP contribution is 2.35. The van der Waals surface area contributed by atoms with E-state index in [1.54, 1.807) is 6.07 Å². The van der Waals surface area contributed by atoms with Gasteiger partial charge in [0, 0.05) is 10.0 Å². The monoisotopic (exact) mass is 273 g/mol. The molecule has 4 N–H and O–H groups in total. The molecule has 1 rings (SSSR count). The van der Waals surface area contributed by atoms with Gasteiger partial charge < -0.3 is 15.9 Å². The first-order valence-electron chi connectivity index (χ1n) is 4.85. The zero-order valence-corrected chi connectivity index (χ0v) is 10.5. The van der Waals surface area contributed by atoms with E-state index in [2.05, 4.69) is 15.9 Å². The fourth-order valence-corrected chi connectivity index (χ4v) is 2.00. The second kappa shape index (κ2) is 4.96. The van der Waals surface area contributed by atoms with Crippen molar-refractivity contribution in [2.75, 3.05) is 6.54 Å². The Morgan fingerprint density at radius 1 is 1.47 bits per heavy atom. The fraction of sp³-hybridized carbons (Fsp3) is 0.455. The Morgan fingerprint density at radius 3 is 2.60 bits per heavy atom. The quantitative estimate of drug-likeness (QED) is 0.791. The maximum Gasteiger partial charge on any atom is 0.121 e. The van der Waals surface area contributed by atoms with Crippen molar-refractivity contribution in [3.63, 3.8) is 0 Å². The zero-order chi connectivity index (χ0) is 11.6. The highest BCUT2D eigenvalue weighted by molar-refractivity contribution is 9.10. The number of aromatic hydroxyl groups is 1. The molecule has 0 fully saturated rings. The van der Waals surface area contributed by atoms with Gasteiger partial charge in [-0.15, -0.1) is 0 Å². The van der Waals surface area contributed by atoms with Crippen molar-refractivity contribution >= 4 is 15.9 Å². The molecule has 0 aliphatic carbocycles. The Kier molecular flexibility index (Phi) is 4.13. The van der Waals surface area contributed by atoms with Gasteiger partial charge in [-0.1, -0.05) is 15.9 Å². The number of aliphatic hydroxyl groups is 1. The minimum absolute atomic E-state index is 0.133. The number of aliphatic hydroxyl groups excluding tert-OH is 1. The maximum absolute atomic E-state index is 9.84. The van der Waals surface area contributed by atoms with Crippen molar-refractivity contribution in [3.05, 3.63) is 27.2 Å². The van der Waals surface area contributed by atoms with Crippen LogP contribution in [0.1, 0.15) is 29.2 Å². The van der Waals surface area contributed by atoms with Crippen molar-refractivity contribution in [3.8, 4) is 5.75 Å². The van der Waals surface area contributed by atoms with Gasteiger partial charge in [-0.05, 0) is 44.0 Å². The molecular formula is C11H16BrNO2. The first kappa shape index (κ1) is 12.5. The Bertz CT molecular complexity index is 366. The summed E-state index contributed by atoms with van der Waals surface area (Å²) in [4.78, 5) is 0. The van der Waals surface area contributed by atoms with Crippen LogP contribution in [0, 0.1) is 13.8 Å². The summed E-state index contributed by atoms with van der Waals surface area (Å²) in [7, 11) is 0. The Balaban J connectivity index is 3.23. The Hall–Kier alpha value is -0.580. The predicted molar refractivity (Wildman–Crippen MR) is 63.9 cm³/mol. The SMILES string of the molecule is Cc1cc(O)c(C(O)CCN)c(C)c1Br. The molecule has 1 unspecified atom stereocenters. The molecule has 0 amide bonds. The molecular weight excluding hydrogens is 258 g/mol. The van der Waals surface area contributed by atoms with E-state index in [1.807, 2.05) is 13.8 Å². The van der Waals surface area contributed by atoms with Crippen LogP contribution in [-0.4, -0.2) is 16.8 Å². The van der Waals surface area contributed by atoms with Crippen LogP contribution in [0.3, 0.4) is 0 Å². The number of aryl methyl sites for hydroxylation is 1. The van der Waals surface area contributed by atoms with Crippen molar-refractivity contribution in [2.24, 2.45) is 5.73 Å². The molecule has 0 saturated carbocycles. The fourth-order valence-electron chi connectivity index (χ4n) is 1.68. The summed E-state index contributed by atoms with van der Waals surface area (Å²) in [6, 6.07) is 1.64. The minimum atomic E-state index is -0.702. The van der Waals surface area contributed by atoms with E-state index in [-0.39, 0.29) is 5.75 Å². The van der Waals surface area contributed by atoms with Gasteiger partial charge >= 0.3 is 0 Å². The van der Waals surface area contributed by atoms with Gasteiger partial charge in [-0.3, -0.25) is 0 Å². The standard InChI is InChI=1S/C11H16BrNO2/c1-6-5-9(15)10(7(2)11(6)12)8(14)3-4-13/h5,8,14-15H,3-4,13H2,1-2H3. The lowest BCUT2D eigenvalue weighted by atomic mass is 9.98. The van der Waals surface area contributed by atoms with Crippen molar-refractivity contribution < 1.29 is 10.2 Å². The van der Waals surface area contributed by atoms with E-state index in [9.17, 15) is 10.2 Å². The molecule has 0 spiro atoms. The summed E-state index contributed by atoms with van der Waals surface area (Å²) in [5.74, 6) is 0.133. The average molecular weight is 274 g/mol.